The molecular formula is C101H160BrF18N5O17S3. The summed E-state index contributed by atoms with van der Waals surface area (Å²) in [7, 11) is 4.78. The lowest BCUT2D eigenvalue weighted by atomic mass is 10.0. The van der Waals surface area contributed by atoms with Gasteiger partial charge >= 0.3 is 43.0 Å². The van der Waals surface area contributed by atoms with E-state index in [0.717, 1.165) is 128 Å². The van der Waals surface area contributed by atoms with Crippen LogP contribution in [0.3, 0.4) is 0 Å². The van der Waals surface area contributed by atoms with Gasteiger partial charge in [0.15, 0.2) is 5.78 Å². The fourth-order valence-electron chi connectivity index (χ4n) is 9.87. The molecule has 0 spiro atoms. The number of phenols is 2. The largest absolute Gasteiger partial charge is 0.507 e. The molecule has 0 heterocycles. The van der Waals surface area contributed by atoms with Gasteiger partial charge in [-0.3, -0.25) is 33.4 Å². The summed E-state index contributed by atoms with van der Waals surface area (Å²) in [5.74, 6) is -3.06. The molecule has 0 saturated heterocycles. The SMILES string of the molecule is BrCC1CC1.C.C.C.C.C.C.C.C.C.C.C.CC(=NS(=O)C(C)(C)C)c1ccc(C(F)(F)F)c(OCC2CC2)c1.CC(=O)c1ccc(C(F)(F)F)c(OCC2CC2)c1.CC(C)(C)[S@@](N)=O.CNOC.CON(C)C(=O)c1ccc(C(F)(F)F)c(O)c1.CON(C)C(=O)c1ccc(C(F)(F)F)c(OCC2CC2)c1.C[C@H](C[S@@](=O)C(C)(C)C)c1ccc(C(F)(F)F)c(OCC2CC2)c1.O=C(O)c1ccc(C(F)(F)F)c(O)c1. The van der Waals surface area contributed by atoms with Gasteiger partial charge in [-0.05, 0) is 272 Å². The van der Waals surface area contributed by atoms with Gasteiger partial charge in [-0.25, -0.2) is 28.8 Å². The molecule has 5 fully saturated rings. The summed E-state index contributed by atoms with van der Waals surface area (Å²) >= 11 is 3.38. The predicted molar refractivity (Wildman–Crippen MR) is 550 cm³/mol. The van der Waals surface area contributed by atoms with Gasteiger partial charge in [-0.1, -0.05) is 123 Å². The van der Waals surface area contributed by atoms with Crippen LogP contribution in [0.2, 0.25) is 0 Å². The van der Waals surface area contributed by atoms with Gasteiger partial charge in [0.25, 0.3) is 11.8 Å². The predicted octanol–water partition coefficient (Wildman–Crippen LogP) is 29.9. The number of halogens is 19. The van der Waals surface area contributed by atoms with Crippen molar-refractivity contribution in [2.75, 3.05) is 80.0 Å². The number of nitrogens with two attached hydrogens (primary N) is 1. The molecule has 4 atom stereocenters. The van der Waals surface area contributed by atoms with Crippen molar-refractivity contribution in [2.45, 2.75) is 286 Å². The lowest BCUT2D eigenvalue weighted by Crippen LogP contribution is -2.27. The second kappa shape index (κ2) is 67.4. The smallest absolute Gasteiger partial charge is 0.419 e. The summed E-state index contributed by atoms with van der Waals surface area (Å²) in [6.45, 7) is 22.5. The van der Waals surface area contributed by atoms with Crippen LogP contribution in [0.15, 0.2) is 114 Å². The van der Waals surface area contributed by atoms with E-state index >= 15 is 0 Å². The maximum Gasteiger partial charge on any atom is 0.419 e. The lowest BCUT2D eigenvalue weighted by molar-refractivity contribution is -0.139. The highest BCUT2D eigenvalue weighted by molar-refractivity contribution is 9.09. The molecule has 5 saturated carbocycles. The average Bonchev–Trinajstić information content (AvgIpc) is 1.26. The number of alkyl halides is 19. The number of amides is 2. The highest BCUT2D eigenvalue weighted by Gasteiger charge is 2.42. The molecule has 0 radical (unpaired) electrons. The van der Waals surface area contributed by atoms with Gasteiger partial charge in [-0.15, -0.1) is 0 Å². The van der Waals surface area contributed by atoms with Crippen LogP contribution in [-0.2, 0) is 84.3 Å². The zero-order valence-corrected chi connectivity index (χ0v) is 81.1. The molecule has 11 rings (SSSR count). The zero-order chi connectivity index (χ0) is 103. The summed E-state index contributed by atoms with van der Waals surface area (Å²) in [6, 6.07) is 18.3. The standard InChI is InChI=1S/C18H25F3O2S.C17H22F3NO2S.C14H16F3NO3.C13H13F3O2.C10H10F3NO3.C8H5F3O3.C4H7Br.C4H11NOS.C2H7NO.11CH4/c1-12(11-24(22)17(2,3)4)14-7-8-15(18(19,20)21)16(9-14)23-10-13-5-6-13;1-11(21-24(22)16(2,3)4)13-7-8-14(17(18,19)20)15(9-13)23-10-12-5-6-12;1-18(20-2)13(19)10-5-6-11(14(15,16)17)12(7-10)21-8-9-3-4-9;1-8(17)10-4-5-11(13(14,15)16)12(6-10)18-7-9-2-3-9;1-14(17-2)9(16)6-3-4-7(8(15)5-6)10(11,12)13;9-8(10,11)5-2-1-4(7(13)14)3-6(5)12;5-3-4-1-2-4;1-4(2,3)7(5)6;1-3-4-2;;;;;;;;;;;/h7-9,12-13H,5-6,10-11H2,1-4H3;7-9,12H,5-6,10H2,1-4H3;5-7,9H,3-4,8H2,1-2H3;4-6,9H,2-3,7H2,1H3;3-5,15H,1-2H3;1-3,12H,(H,13,14);4H,1-3H2;5H2,1-3H3;3H,1-2H3;11*1H4/t12-,24-;;;;;;;7-;;;;;;;;;;;;/m1......0............/s1. The Morgan fingerprint density at radius 1 is 0.421 bits per heavy atom. The molecule has 5 aliphatic carbocycles. The van der Waals surface area contributed by atoms with Gasteiger partial charge in [0.2, 0.25) is 0 Å². The molecule has 145 heavy (non-hydrogen) atoms. The quantitative estimate of drug-likeness (QED) is 0.0117. The average molecular weight is 2230 g/mol. The van der Waals surface area contributed by atoms with E-state index in [1.807, 2.05) is 48.5 Å². The molecular weight excluding hydrogens is 2070 g/mol. The number of carbonyl (C=O) groups excluding carboxylic acids is 3. The first-order valence-electron chi connectivity index (χ1n) is 41.4. The minimum Gasteiger partial charge on any atom is -0.507 e. The third kappa shape index (κ3) is 57.1. The fourth-order valence-corrected chi connectivity index (χ4v) is 12.3. The summed E-state index contributed by atoms with van der Waals surface area (Å²) in [6.07, 6.45) is -16.4. The first kappa shape index (κ1) is 154. The highest BCUT2D eigenvalue weighted by atomic mass is 79.9. The van der Waals surface area contributed by atoms with Crippen LogP contribution in [0.4, 0.5) is 79.0 Å². The van der Waals surface area contributed by atoms with E-state index in [1.165, 1.54) is 89.8 Å². The number of ketones is 1. The number of carbonyl (C=O) groups is 4. The molecule has 1 unspecified atom stereocenters. The topological polar surface area (TPSA) is 302 Å². The number of phenolic OH excluding ortho intramolecular Hbond substituents is 2. The Hall–Kier alpha value is -8.66. The maximum absolute atomic E-state index is 13.2. The second-order valence-electron chi connectivity index (χ2n) is 34.2. The van der Waals surface area contributed by atoms with E-state index in [-0.39, 0.29) is 162 Å². The van der Waals surface area contributed by atoms with Gasteiger partial charge < -0.3 is 39.1 Å². The number of nitrogens with zero attached hydrogens (tertiary/aromatic N) is 3. The second-order valence-corrected chi connectivity index (χ2v) is 40.8. The number of benzene rings is 6. The number of carboxylic acid groups (broad SMARTS) is 1. The Labute approximate surface area is 864 Å². The molecule has 6 aromatic rings. The Morgan fingerprint density at radius 3 is 0.917 bits per heavy atom. The van der Waals surface area contributed by atoms with Crippen LogP contribution in [-0.4, -0.2) is 162 Å². The van der Waals surface area contributed by atoms with Crippen molar-refractivity contribution in [3.05, 3.63) is 176 Å². The zero-order valence-electron chi connectivity index (χ0n) is 77.1. The third-order valence-electron chi connectivity index (χ3n) is 19.3. The van der Waals surface area contributed by atoms with Crippen LogP contribution in [0, 0.1) is 29.6 Å². The van der Waals surface area contributed by atoms with Crippen LogP contribution in [0.1, 0.15) is 321 Å². The van der Waals surface area contributed by atoms with Crippen molar-refractivity contribution < 1.29 is 160 Å². The number of ether oxygens (including phenoxy) is 4. The number of hydrogen-bond acceptors (Lipinski definition) is 17. The lowest BCUT2D eigenvalue weighted by Gasteiger charge is -2.22. The number of hydrogen-bond donors (Lipinski definition) is 5. The van der Waals surface area contributed by atoms with Crippen molar-refractivity contribution in [3.8, 4) is 34.5 Å². The molecule has 0 aromatic heterocycles. The van der Waals surface area contributed by atoms with E-state index in [0.29, 0.717) is 65.5 Å². The van der Waals surface area contributed by atoms with E-state index in [4.69, 9.17) is 39.1 Å². The summed E-state index contributed by atoms with van der Waals surface area (Å²) in [4.78, 5) is 58.5. The molecule has 0 bridgehead atoms. The van der Waals surface area contributed by atoms with E-state index in [1.54, 1.807) is 41.9 Å². The molecule has 22 nitrogen and oxygen atoms in total. The first-order valence-corrected chi connectivity index (χ1v) is 46.1. The summed E-state index contributed by atoms with van der Waals surface area (Å²) in [5, 5.41) is 34.5. The van der Waals surface area contributed by atoms with Crippen LogP contribution in [0.25, 0.3) is 0 Å². The van der Waals surface area contributed by atoms with Crippen molar-refractivity contribution in [1.82, 2.24) is 15.6 Å². The minimum absolute atomic E-state index is 0. The van der Waals surface area contributed by atoms with Crippen LogP contribution in [0.5, 0.6) is 34.5 Å². The Morgan fingerprint density at radius 2 is 0.676 bits per heavy atom. The van der Waals surface area contributed by atoms with Gasteiger partial charge in [0.1, 0.15) is 45.5 Å². The van der Waals surface area contributed by atoms with Gasteiger partial charge in [0.05, 0.1) is 113 Å². The number of aromatic hydroxyl groups is 2. The Bertz CT molecular complexity index is 4910. The number of carboxylic acids is 1. The molecule has 842 valence electrons. The maximum atomic E-state index is 13.2. The van der Waals surface area contributed by atoms with Crippen LogP contribution < -0.4 is 29.6 Å². The fraction of sp³-hybridized carbons (Fsp3) is 0.594. The minimum atomic E-state index is -4.68. The molecule has 5 aliphatic rings. The number of Topliss-reactive ketones (excluding diaryl/α,β-unsaturated/α-hetero) is 1. The molecule has 0 aliphatic heterocycles. The third-order valence-corrected chi connectivity index (χ3v) is 25.0. The highest BCUT2D eigenvalue weighted by Crippen LogP contribution is 2.45. The Balaban J connectivity index is -0.000000210. The number of rotatable bonds is 25. The number of hydroxylamine groups is 5. The van der Waals surface area contributed by atoms with E-state index < -0.39 is 143 Å². The monoisotopic (exact) mass is 2230 g/mol. The first-order chi connectivity index (χ1) is 61.5. The van der Waals surface area contributed by atoms with E-state index in [9.17, 15) is 116 Å². The van der Waals surface area contributed by atoms with Crippen molar-refractivity contribution in [1.29, 1.82) is 0 Å². The van der Waals surface area contributed by atoms with E-state index in [2.05, 4.69) is 35.5 Å². The normalized spacial score (nSPS) is 14.3. The number of aromatic carboxylic acids is 1. The van der Waals surface area contributed by atoms with Crippen molar-refractivity contribution >= 4 is 78.0 Å². The molecule has 2 amide bonds. The summed E-state index contributed by atoms with van der Waals surface area (Å²) in [5.41, 5.74) is -1.79. The summed E-state index contributed by atoms with van der Waals surface area (Å²) < 4.78 is 288. The van der Waals surface area contributed by atoms with Gasteiger partial charge in [-0.2, -0.15) is 83.4 Å². The number of nitrogens with one attached hydrogen (secondary N) is 1. The van der Waals surface area contributed by atoms with Crippen LogP contribution >= 0.6 is 15.9 Å². The van der Waals surface area contributed by atoms with Crippen molar-refractivity contribution in [3.63, 3.8) is 0 Å². The molecule has 6 N–H and O–H groups in total. The molecule has 44 heteroatoms. The Kier molecular flexibility index (Phi) is 71.6. The molecule has 6 aromatic carbocycles. The van der Waals surface area contributed by atoms with Gasteiger partial charge in [0, 0.05) is 70.0 Å². The van der Waals surface area contributed by atoms with Crippen molar-refractivity contribution in [2.24, 2.45) is 39.1 Å².